The zero-order chi connectivity index (χ0) is 23.5. The average molecular weight is 488 g/mol. The van der Waals surface area contributed by atoms with Gasteiger partial charge in [-0.2, -0.15) is 0 Å². The molecule has 34 heavy (non-hydrogen) atoms. The Balaban J connectivity index is 1.41. The molecule has 5 rings (SSSR count). The van der Waals surface area contributed by atoms with Crippen molar-refractivity contribution in [1.82, 2.24) is 4.90 Å². The number of fused-ring (bicyclic) bond motifs is 1. The Morgan fingerprint density at radius 1 is 0.882 bits per heavy atom. The fourth-order valence-electron chi connectivity index (χ4n) is 3.76. The van der Waals surface area contributed by atoms with Crippen LogP contribution in [0.5, 0.6) is 11.5 Å². The number of amides is 1. The number of aliphatic imine (C=N–C) groups is 1. The number of nitrogens with zero attached hydrogens (tertiary/aromatic N) is 3. The summed E-state index contributed by atoms with van der Waals surface area (Å²) >= 11 is 3.11. The van der Waals surface area contributed by atoms with Gasteiger partial charge in [0.1, 0.15) is 16.4 Å². The van der Waals surface area contributed by atoms with Gasteiger partial charge in [-0.15, -0.1) is 0 Å². The quantitative estimate of drug-likeness (QED) is 0.343. The van der Waals surface area contributed by atoms with Crippen LogP contribution in [0.2, 0.25) is 0 Å². The minimum Gasteiger partial charge on any atom is -0.457 e. The van der Waals surface area contributed by atoms with Crippen molar-refractivity contribution in [1.29, 1.82) is 0 Å². The van der Waals surface area contributed by atoms with E-state index in [0.717, 1.165) is 50.8 Å². The van der Waals surface area contributed by atoms with Crippen LogP contribution < -0.4 is 9.64 Å². The zero-order valence-corrected chi connectivity index (χ0v) is 20.7. The van der Waals surface area contributed by atoms with Crippen LogP contribution >= 0.6 is 23.5 Å². The van der Waals surface area contributed by atoms with Crippen LogP contribution in [-0.4, -0.2) is 29.6 Å². The van der Waals surface area contributed by atoms with Crippen molar-refractivity contribution in [3.63, 3.8) is 0 Å². The molecule has 5 nitrogen and oxygen atoms in total. The van der Waals surface area contributed by atoms with Gasteiger partial charge in [-0.1, -0.05) is 55.4 Å². The standard InChI is InChI=1S/C27H25N3O2S2/c1-3-4-18-30-25(31)24(26-29(2)22-12-8-9-13-23(22)33-26)34-27(30)28-19-14-16-21(17-15-19)32-20-10-6-5-7-11-20/h5-17H,3-4,18H2,1-2H3. The molecule has 0 bridgehead atoms. The van der Waals surface area contributed by atoms with Crippen molar-refractivity contribution in [3.8, 4) is 11.5 Å². The highest BCUT2D eigenvalue weighted by molar-refractivity contribution is 8.19. The number of anilines is 1. The van der Waals surface area contributed by atoms with Crippen LogP contribution in [0.4, 0.5) is 11.4 Å². The third-order valence-corrected chi connectivity index (χ3v) is 8.00. The summed E-state index contributed by atoms with van der Waals surface area (Å²) in [4.78, 5) is 24.1. The van der Waals surface area contributed by atoms with Crippen LogP contribution in [0.3, 0.4) is 0 Å². The summed E-state index contributed by atoms with van der Waals surface area (Å²) in [5, 5.41) is 1.69. The highest BCUT2D eigenvalue weighted by atomic mass is 32.2. The molecule has 0 radical (unpaired) electrons. The number of ether oxygens (including phenoxy) is 1. The van der Waals surface area contributed by atoms with E-state index >= 15 is 0 Å². The SMILES string of the molecule is CCCCN1C(=O)C(=C2Sc3ccccc3N2C)SC1=Nc1ccc(Oc2ccccc2)cc1. The van der Waals surface area contributed by atoms with Gasteiger partial charge in [-0.25, -0.2) is 4.99 Å². The van der Waals surface area contributed by atoms with Gasteiger partial charge in [0.25, 0.3) is 5.91 Å². The van der Waals surface area contributed by atoms with Gasteiger partial charge in [0, 0.05) is 18.5 Å². The highest BCUT2D eigenvalue weighted by Gasteiger charge is 2.38. The van der Waals surface area contributed by atoms with Crippen LogP contribution in [0.15, 0.2) is 98.7 Å². The number of benzene rings is 3. The monoisotopic (exact) mass is 487 g/mol. The molecule has 0 atom stereocenters. The molecule has 1 amide bonds. The summed E-state index contributed by atoms with van der Waals surface area (Å²) in [5.41, 5.74) is 1.92. The average Bonchev–Trinajstić information content (AvgIpc) is 3.35. The summed E-state index contributed by atoms with van der Waals surface area (Å²) in [6.45, 7) is 2.79. The molecule has 0 spiro atoms. The number of hydrogen-bond donors (Lipinski definition) is 0. The zero-order valence-electron chi connectivity index (χ0n) is 19.1. The summed E-state index contributed by atoms with van der Waals surface area (Å²) in [6.07, 6.45) is 1.94. The minimum absolute atomic E-state index is 0.0309. The van der Waals surface area contributed by atoms with E-state index in [-0.39, 0.29) is 5.91 Å². The lowest BCUT2D eigenvalue weighted by Gasteiger charge is -2.16. The number of hydrogen-bond acceptors (Lipinski definition) is 6. The number of rotatable bonds is 6. The van der Waals surface area contributed by atoms with Gasteiger partial charge < -0.3 is 9.64 Å². The third kappa shape index (κ3) is 4.58. The summed E-state index contributed by atoms with van der Waals surface area (Å²) < 4.78 is 5.89. The first-order chi connectivity index (χ1) is 16.6. The molecule has 172 valence electrons. The lowest BCUT2D eigenvalue weighted by molar-refractivity contribution is -0.122. The first-order valence-electron chi connectivity index (χ1n) is 11.3. The number of para-hydroxylation sites is 2. The topological polar surface area (TPSA) is 45.1 Å². The number of carbonyl (C=O) groups excluding carboxylic acids is 1. The van der Waals surface area contributed by atoms with E-state index in [9.17, 15) is 4.79 Å². The van der Waals surface area contributed by atoms with Crippen molar-refractivity contribution >= 4 is 46.0 Å². The number of unbranched alkanes of at least 4 members (excludes halogenated alkanes) is 1. The van der Waals surface area contributed by atoms with E-state index in [0.29, 0.717) is 6.54 Å². The first-order valence-corrected chi connectivity index (χ1v) is 12.9. The normalized spacial score (nSPS) is 18.6. The molecule has 0 unspecified atom stereocenters. The Morgan fingerprint density at radius 2 is 1.59 bits per heavy atom. The van der Waals surface area contributed by atoms with Gasteiger partial charge in [-0.3, -0.25) is 9.69 Å². The third-order valence-electron chi connectivity index (χ3n) is 5.57. The fourth-order valence-corrected chi connectivity index (χ4v) is 6.13. The number of thioether (sulfide) groups is 2. The van der Waals surface area contributed by atoms with Gasteiger partial charge in [0.05, 0.1) is 16.4 Å². The maximum atomic E-state index is 13.5. The molecule has 3 aromatic rings. The lowest BCUT2D eigenvalue weighted by atomic mass is 10.3. The Morgan fingerprint density at radius 3 is 2.32 bits per heavy atom. The molecule has 0 aliphatic carbocycles. The lowest BCUT2D eigenvalue weighted by Crippen LogP contribution is -2.30. The Labute approximate surface area is 208 Å². The van der Waals surface area contributed by atoms with E-state index in [2.05, 4.69) is 24.0 Å². The second kappa shape index (κ2) is 9.99. The Kier molecular flexibility index (Phi) is 6.65. The molecule has 2 heterocycles. The smallest absolute Gasteiger partial charge is 0.269 e. The van der Waals surface area contributed by atoms with Crippen molar-refractivity contribution in [2.75, 3.05) is 18.5 Å². The molecule has 7 heteroatoms. The molecule has 0 aromatic heterocycles. The van der Waals surface area contributed by atoms with E-state index in [1.165, 1.54) is 16.7 Å². The highest BCUT2D eigenvalue weighted by Crippen LogP contribution is 2.50. The molecule has 0 N–H and O–H groups in total. The minimum atomic E-state index is 0.0309. The van der Waals surface area contributed by atoms with Gasteiger partial charge in [-0.05, 0) is 66.7 Å². The number of carbonyl (C=O) groups is 1. The van der Waals surface area contributed by atoms with E-state index in [1.54, 1.807) is 11.8 Å². The molecule has 0 saturated carbocycles. The van der Waals surface area contributed by atoms with Crippen LogP contribution in [0, 0.1) is 0 Å². The van der Waals surface area contributed by atoms with Gasteiger partial charge >= 0.3 is 0 Å². The van der Waals surface area contributed by atoms with Gasteiger partial charge in [0.2, 0.25) is 0 Å². The molecule has 2 aliphatic rings. The molecular weight excluding hydrogens is 462 g/mol. The first kappa shape index (κ1) is 22.6. The Bertz CT molecular complexity index is 1260. The predicted octanol–water partition coefficient (Wildman–Crippen LogP) is 7.25. The maximum Gasteiger partial charge on any atom is 0.269 e. The van der Waals surface area contributed by atoms with E-state index < -0.39 is 0 Å². The molecular formula is C27H25N3O2S2. The van der Waals surface area contributed by atoms with Crippen LogP contribution in [0.1, 0.15) is 19.8 Å². The predicted molar refractivity (Wildman–Crippen MR) is 142 cm³/mol. The summed E-state index contributed by atoms with van der Waals surface area (Å²) in [5.74, 6) is 1.57. The van der Waals surface area contributed by atoms with Crippen LogP contribution in [-0.2, 0) is 4.79 Å². The molecule has 1 fully saturated rings. The Hall–Kier alpha value is -3.16. The fraction of sp³-hybridized carbons (Fsp3) is 0.185. The molecule has 3 aromatic carbocycles. The maximum absolute atomic E-state index is 13.5. The van der Waals surface area contributed by atoms with Crippen molar-refractivity contribution in [2.45, 2.75) is 24.7 Å². The van der Waals surface area contributed by atoms with E-state index in [4.69, 9.17) is 9.73 Å². The summed E-state index contributed by atoms with van der Waals surface area (Å²) in [6, 6.07) is 25.6. The largest absolute Gasteiger partial charge is 0.457 e. The second-order valence-electron chi connectivity index (χ2n) is 7.98. The van der Waals surface area contributed by atoms with Crippen molar-refractivity contribution < 1.29 is 9.53 Å². The van der Waals surface area contributed by atoms with E-state index in [1.807, 2.05) is 78.7 Å². The van der Waals surface area contributed by atoms with Crippen molar-refractivity contribution in [3.05, 3.63) is 88.8 Å². The molecule has 1 saturated heterocycles. The number of amidine groups is 1. The van der Waals surface area contributed by atoms with Crippen molar-refractivity contribution in [2.24, 2.45) is 4.99 Å². The second-order valence-corrected chi connectivity index (χ2v) is 9.99. The summed E-state index contributed by atoms with van der Waals surface area (Å²) in [7, 11) is 2.02. The van der Waals surface area contributed by atoms with Crippen LogP contribution in [0.25, 0.3) is 0 Å². The van der Waals surface area contributed by atoms with Gasteiger partial charge in [0.15, 0.2) is 5.17 Å². The molecule has 2 aliphatic heterocycles.